The summed E-state index contributed by atoms with van der Waals surface area (Å²) in [5, 5.41) is 7.12. The van der Waals surface area contributed by atoms with Crippen molar-refractivity contribution < 1.29 is 14.3 Å². The lowest BCUT2D eigenvalue weighted by Gasteiger charge is -2.01. The number of hydrogen-bond acceptors (Lipinski definition) is 4. The highest BCUT2D eigenvalue weighted by atomic mass is 16.7. The number of nitrogens with zero attached hydrogens (tertiary/aromatic N) is 2. The van der Waals surface area contributed by atoms with E-state index in [1.165, 1.54) is 6.08 Å². The second kappa shape index (κ2) is 7.14. The maximum absolute atomic E-state index is 12.1. The number of benzene rings is 2. The molecule has 6 nitrogen and oxygen atoms in total. The summed E-state index contributed by atoms with van der Waals surface area (Å²) in [7, 11) is 0. The van der Waals surface area contributed by atoms with Gasteiger partial charge in [-0.15, -0.1) is 0 Å². The summed E-state index contributed by atoms with van der Waals surface area (Å²) in [4.78, 5) is 12.1. The van der Waals surface area contributed by atoms with Gasteiger partial charge >= 0.3 is 0 Å². The molecule has 0 aliphatic carbocycles. The van der Waals surface area contributed by atoms with Crippen LogP contribution in [0.3, 0.4) is 0 Å². The Hall–Kier alpha value is -3.54. The third kappa shape index (κ3) is 3.75. The molecule has 2 aromatic carbocycles. The number of carbonyl (C=O) groups excluding carboxylic acids is 1. The van der Waals surface area contributed by atoms with Crippen molar-refractivity contribution in [2.75, 3.05) is 12.1 Å². The van der Waals surface area contributed by atoms with Crippen molar-refractivity contribution in [2.45, 2.75) is 6.54 Å². The molecule has 4 rings (SSSR count). The Morgan fingerprint density at radius 2 is 1.96 bits per heavy atom. The first kappa shape index (κ1) is 16.0. The van der Waals surface area contributed by atoms with Crippen molar-refractivity contribution in [1.82, 2.24) is 9.78 Å². The molecule has 1 aromatic heterocycles. The van der Waals surface area contributed by atoms with Gasteiger partial charge in [0.1, 0.15) is 0 Å². The van der Waals surface area contributed by atoms with Crippen LogP contribution in [0.15, 0.2) is 66.9 Å². The number of amides is 1. The van der Waals surface area contributed by atoms with Crippen LogP contribution in [0.5, 0.6) is 11.5 Å². The summed E-state index contributed by atoms with van der Waals surface area (Å²) in [5.74, 6) is 1.68. The van der Waals surface area contributed by atoms with Crippen LogP contribution < -0.4 is 14.8 Å². The Balaban J connectivity index is 1.36. The number of fused-ring (bicyclic) bond motifs is 1. The second-order valence-corrected chi connectivity index (χ2v) is 5.82. The van der Waals surface area contributed by atoms with E-state index in [0.29, 0.717) is 18.1 Å². The summed E-state index contributed by atoms with van der Waals surface area (Å²) >= 11 is 0. The van der Waals surface area contributed by atoms with Gasteiger partial charge in [0.05, 0.1) is 6.54 Å². The fourth-order valence-corrected chi connectivity index (χ4v) is 2.64. The van der Waals surface area contributed by atoms with Gasteiger partial charge in [-0.25, -0.2) is 0 Å². The van der Waals surface area contributed by atoms with Gasteiger partial charge in [0, 0.05) is 18.3 Å². The summed E-state index contributed by atoms with van der Waals surface area (Å²) in [6, 6.07) is 17.3. The number of aromatic nitrogens is 2. The van der Waals surface area contributed by atoms with E-state index in [0.717, 1.165) is 16.9 Å². The lowest BCUT2D eigenvalue weighted by atomic mass is 10.2. The van der Waals surface area contributed by atoms with Crippen LogP contribution in [0, 0.1) is 0 Å². The Morgan fingerprint density at radius 3 is 2.85 bits per heavy atom. The number of carbonyl (C=O) groups is 1. The van der Waals surface area contributed by atoms with Crippen LogP contribution in [-0.2, 0) is 11.3 Å². The molecule has 2 heterocycles. The normalized spacial score (nSPS) is 12.5. The zero-order valence-electron chi connectivity index (χ0n) is 14.0. The first-order valence-corrected chi connectivity index (χ1v) is 8.22. The van der Waals surface area contributed by atoms with Gasteiger partial charge in [-0.3, -0.25) is 9.48 Å². The Morgan fingerprint density at radius 1 is 1.12 bits per heavy atom. The molecule has 26 heavy (non-hydrogen) atoms. The summed E-state index contributed by atoms with van der Waals surface area (Å²) in [6.45, 7) is 0.887. The van der Waals surface area contributed by atoms with Crippen molar-refractivity contribution in [2.24, 2.45) is 0 Å². The molecule has 0 saturated carbocycles. The highest BCUT2D eigenvalue weighted by Crippen LogP contribution is 2.32. The average Bonchev–Trinajstić information content (AvgIpc) is 3.29. The Kier molecular flexibility index (Phi) is 4.38. The molecule has 6 heteroatoms. The average molecular weight is 347 g/mol. The monoisotopic (exact) mass is 347 g/mol. The van der Waals surface area contributed by atoms with Crippen LogP contribution in [0.25, 0.3) is 6.08 Å². The largest absolute Gasteiger partial charge is 0.454 e. The zero-order chi connectivity index (χ0) is 17.8. The van der Waals surface area contributed by atoms with Gasteiger partial charge in [0.2, 0.25) is 12.7 Å². The van der Waals surface area contributed by atoms with E-state index >= 15 is 0 Å². The molecule has 1 N–H and O–H groups in total. The number of ether oxygens (including phenoxy) is 2. The van der Waals surface area contributed by atoms with Gasteiger partial charge < -0.3 is 14.8 Å². The molecule has 1 amide bonds. The van der Waals surface area contributed by atoms with Gasteiger partial charge in [0.25, 0.3) is 0 Å². The van der Waals surface area contributed by atoms with Gasteiger partial charge in [-0.05, 0) is 29.3 Å². The molecule has 0 atom stereocenters. The second-order valence-electron chi connectivity index (χ2n) is 5.82. The number of hydrogen-bond donors (Lipinski definition) is 1. The topological polar surface area (TPSA) is 65.4 Å². The SMILES string of the molecule is O=C(/C=C\c1ccc2c(c1)OCO2)Nc1ccn(Cc2ccccc2)n1. The molecule has 130 valence electrons. The Labute approximate surface area is 150 Å². The standard InChI is InChI=1S/C20H17N3O3/c24-20(9-7-15-6-8-17-18(12-15)26-14-25-17)21-19-10-11-23(22-19)13-16-4-2-1-3-5-16/h1-12H,13-14H2,(H,21,22,24)/b9-7-. The van der Waals surface area contributed by atoms with Gasteiger partial charge in [-0.2, -0.15) is 5.10 Å². The van der Waals surface area contributed by atoms with Gasteiger partial charge in [-0.1, -0.05) is 36.4 Å². The minimum atomic E-state index is -0.243. The molecule has 0 unspecified atom stereocenters. The zero-order valence-corrected chi connectivity index (χ0v) is 14.0. The molecular formula is C20H17N3O3. The first-order chi connectivity index (χ1) is 12.8. The summed E-state index contributed by atoms with van der Waals surface area (Å²) in [5.41, 5.74) is 2.01. The predicted octanol–water partition coefficient (Wildman–Crippen LogP) is 3.31. The predicted molar refractivity (Wildman–Crippen MR) is 98.0 cm³/mol. The highest BCUT2D eigenvalue weighted by molar-refractivity contribution is 6.01. The van der Waals surface area contributed by atoms with E-state index in [2.05, 4.69) is 10.4 Å². The number of rotatable bonds is 5. The highest BCUT2D eigenvalue weighted by Gasteiger charge is 2.12. The quantitative estimate of drug-likeness (QED) is 0.719. The molecule has 0 fully saturated rings. The van der Waals surface area contributed by atoms with Crippen LogP contribution in [0.2, 0.25) is 0 Å². The van der Waals surface area contributed by atoms with E-state index in [-0.39, 0.29) is 12.7 Å². The fourth-order valence-electron chi connectivity index (χ4n) is 2.64. The molecule has 1 aliphatic rings. The minimum absolute atomic E-state index is 0.231. The van der Waals surface area contributed by atoms with E-state index in [4.69, 9.17) is 9.47 Å². The van der Waals surface area contributed by atoms with E-state index in [9.17, 15) is 4.79 Å². The first-order valence-electron chi connectivity index (χ1n) is 8.22. The van der Waals surface area contributed by atoms with Crippen molar-refractivity contribution >= 4 is 17.8 Å². The van der Waals surface area contributed by atoms with E-state index in [1.54, 1.807) is 16.8 Å². The molecular weight excluding hydrogens is 330 g/mol. The van der Waals surface area contributed by atoms with Crippen LogP contribution in [0.4, 0.5) is 5.82 Å². The van der Waals surface area contributed by atoms with Crippen molar-refractivity contribution in [3.05, 3.63) is 78.0 Å². The maximum atomic E-state index is 12.1. The molecule has 0 saturated heterocycles. The molecule has 3 aromatic rings. The van der Waals surface area contributed by atoms with E-state index < -0.39 is 0 Å². The van der Waals surface area contributed by atoms with Crippen LogP contribution in [-0.4, -0.2) is 22.5 Å². The van der Waals surface area contributed by atoms with Crippen molar-refractivity contribution in [3.8, 4) is 11.5 Å². The van der Waals surface area contributed by atoms with Crippen LogP contribution in [0.1, 0.15) is 11.1 Å². The smallest absolute Gasteiger partial charge is 0.249 e. The third-order valence-electron chi connectivity index (χ3n) is 3.90. The maximum Gasteiger partial charge on any atom is 0.249 e. The molecule has 0 bridgehead atoms. The van der Waals surface area contributed by atoms with E-state index in [1.807, 2.05) is 54.7 Å². The third-order valence-corrected chi connectivity index (χ3v) is 3.90. The molecule has 1 aliphatic heterocycles. The minimum Gasteiger partial charge on any atom is -0.454 e. The lowest BCUT2D eigenvalue weighted by Crippen LogP contribution is -2.09. The number of anilines is 1. The fraction of sp³-hybridized carbons (Fsp3) is 0.100. The van der Waals surface area contributed by atoms with Crippen molar-refractivity contribution in [1.29, 1.82) is 0 Å². The summed E-state index contributed by atoms with van der Waals surface area (Å²) < 4.78 is 12.4. The van der Waals surface area contributed by atoms with Crippen molar-refractivity contribution in [3.63, 3.8) is 0 Å². The van der Waals surface area contributed by atoms with Gasteiger partial charge in [0.15, 0.2) is 17.3 Å². The number of nitrogens with one attached hydrogen (secondary N) is 1. The lowest BCUT2D eigenvalue weighted by molar-refractivity contribution is -0.111. The molecule has 0 radical (unpaired) electrons. The van der Waals surface area contributed by atoms with Crippen LogP contribution >= 0.6 is 0 Å². The summed E-state index contributed by atoms with van der Waals surface area (Å²) in [6.07, 6.45) is 5.02. The Bertz CT molecular complexity index is 948. The molecule has 0 spiro atoms.